The third kappa shape index (κ3) is 8.01. The van der Waals surface area contributed by atoms with Gasteiger partial charge in [-0.15, -0.1) is 48.6 Å². The SMILES string of the molecule is CC(C(=O)O)N(c1nc(-c2ccc(C=NN)cc2)cs1)C1CCN(CC(=O)O)CC1.Cl.Cl.Cl. The molecule has 1 fully saturated rings. The van der Waals surface area contributed by atoms with Crippen LogP contribution in [-0.2, 0) is 9.59 Å². The highest BCUT2D eigenvalue weighted by atomic mass is 35.5. The van der Waals surface area contributed by atoms with Gasteiger partial charge in [0.2, 0.25) is 0 Å². The molecule has 1 unspecified atom stereocenters. The van der Waals surface area contributed by atoms with Crippen molar-refractivity contribution in [1.82, 2.24) is 9.88 Å². The van der Waals surface area contributed by atoms with Crippen LogP contribution in [0.1, 0.15) is 25.3 Å². The minimum absolute atomic E-state index is 0. The van der Waals surface area contributed by atoms with Gasteiger partial charge in [-0.05, 0) is 25.3 Å². The smallest absolute Gasteiger partial charge is 0.326 e. The molecule has 0 saturated carbocycles. The van der Waals surface area contributed by atoms with Gasteiger partial charge < -0.3 is 21.0 Å². The average Bonchev–Trinajstić information content (AvgIpc) is 3.19. The molecule has 3 rings (SSSR count). The van der Waals surface area contributed by atoms with E-state index >= 15 is 0 Å². The lowest BCUT2D eigenvalue weighted by Gasteiger charge is -2.39. The number of likely N-dealkylation sites (tertiary alicyclic amines) is 1. The van der Waals surface area contributed by atoms with Crippen molar-refractivity contribution in [3.05, 3.63) is 35.2 Å². The maximum absolute atomic E-state index is 11.8. The minimum atomic E-state index is -0.912. The molecule has 0 amide bonds. The molecule has 184 valence electrons. The fourth-order valence-electron chi connectivity index (χ4n) is 3.65. The Kier molecular flexibility index (Phi) is 13.3. The molecular weight excluding hydrogens is 513 g/mol. The maximum Gasteiger partial charge on any atom is 0.326 e. The number of hydrogen-bond donors (Lipinski definition) is 3. The zero-order chi connectivity index (χ0) is 21.7. The fourth-order valence-corrected chi connectivity index (χ4v) is 4.63. The molecule has 1 aliphatic rings. The third-order valence-electron chi connectivity index (χ3n) is 5.23. The van der Waals surface area contributed by atoms with E-state index in [1.165, 1.54) is 11.3 Å². The van der Waals surface area contributed by atoms with E-state index in [2.05, 4.69) is 5.10 Å². The largest absolute Gasteiger partial charge is 0.480 e. The molecule has 1 atom stereocenters. The van der Waals surface area contributed by atoms with Crippen LogP contribution in [0.15, 0.2) is 34.7 Å². The lowest BCUT2D eigenvalue weighted by Crippen LogP contribution is -2.51. The Morgan fingerprint density at radius 1 is 1.24 bits per heavy atom. The Morgan fingerprint density at radius 3 is 2.36 bits per heavy atom. The van der Waals surface area contributed by atoms with Gasteiger partial charge in [0.25, 0.3) is 0 Å². The first-order chi connectivity index (χ1) is 14.4. The first kappa shape index (κ1) is 30.9. The van der Waals surface area contributed by atoms with E-state index < -0.39 is 18.0 Å². The van der Waals surface area contributed by atoms with Crippen LogP contribution >= 0.6 is 48.6 Å². The summed E-state index contributed by atoms with van der Waals surface area (Å²) in [6, 6.07) is 6.88. The number of hydrazone groups is 1. The van der Waals surface area contributed by atoms with Gasteiger partial charge in [0.05, 0.1) is 18.5 Å². The summed E-state index contributed by atoms with van der Waals surface area (Å²) in [6.07, 6.45) is 2.93. The zero-order valence-electron chi connectivity index (χ0n) is 17.9. The molecule has 1 aromatic carbocycles. The summed E-state index contributed by atoms with van der Waals surface area (Å²) < 4.78 is 0. The Bertz CT molecular complexity index is 921. The lowest BCUT2D eigenvalue weighted by atomic mass is 10.0. The summed E-state index contributed by atoms with van der Waals surface area (Å²) in [7, 11) is 0. The topological polar surface area (TPSA) is 132 Å². The molecule has 2 heterocycles. The quantitative estimate of drug-likeness (QED) is 0.264. The number of rotatable bonds is 8. The molecule has 0 spiro atoms. The number of hydrogen-bond acceptors (Lipinski definition) is 8. The van der Waals surface area contributed by atoms with E-state index in [-0.39, 0.29) is 49.8 Å². The Labute approximate surface area is 214 Å². The molecule has 1 aliphatic heterocycles. The normalized spacial score (nSPS) is 15.1. The number of benzene rings is 1. The highest BCUT2D eigenvalue weighted by molar-refractivity contribution is 7.14. The molecule has 0 aliphatic carbocycles. The number of nitrogens with two attached hydrogens (primary N) is 1. The predicted molar refractivity (Wildman–Crippen MR) is 138 cm³/mol. The van der Waals surface area contributed by atoms with Crippen LogP contribution < -0.4 is 10.7 Å². The summed E-state index contributed by atoms with van der Waals surface area (Å²) >= 11 is 1.42. The Morgan fingerprint density at radius 2 is 1.85 bits per heavy atom. The van der Waals surface area contributed by atoms with E-state index in [9.17, 15) is 14.7 Å². The number of carboxylic acids is 2. The first-order valence-electron chi connectivity index (χ1n) is 9.63. The van der Waals surface area contributed by atoms with Crippen molar-refractivity contribution in [2.75, 3.05) is 24.5 Å². The van der Waals surface area contributed by atoms with E-state index in [4.69, 9.17) is 15.9 Å². The molecule has 13 heteroatoms. The average molecular weight is 541 g/mol. The summed E-state index contributed by atoms with van der Waals surface area (Å²) in [5.41, 5.74) is 2.58. The first-order valence-corrected chi connectivity index (χ1v) is 10.5. The van der Waals surface area contributed by atoms with Crippen molar-refractivity contribution in [3.63, 3.8) is 0 Å². The number of halogens is 3. The summed E-state index contributed by atoms with van der Waals surface area (Å²) in [4.78, 5) is 31.2. The molecule has 0 bridgehead atoms. The molecule has 2 aromatic rings. The van der Waals surface area contributed by atoms with Gasteiger partial charge in [0.15, 0.2) is 5.13 Å². The van der Waals surface area contributed by atoms with Crippen molar-refractivity contribution in [2.45, 2.75) is 31.8 Å². The minimum Gasteiger partial charge on any atom is -0.480 e. The van der Waals surface area contributed by atoms with Gasteiger partial charge >= 0.3 is 11.9 Å². The van der Waals surface area contributed by atoms with Crippen LogP contribution in [0.5, 0.6) is 0 Å². The van der Waals surface area contributed by atoms with Crippen LogP contribution in [0.4, 0.5) is 5.13 Å². The molecule has 1 saturated heterocycles. The molecule has 1 aromatic heterocycles. The van der Waals surface area contributed by atoms with Crippen LogP contribution in [0.2, 0.25) is 0 Å². The lowest BCUT2D eigenvalue weighted by molar-refractivity contribution is -0.139. The van der Waals surface area contributed by atoms with Gasteiger partial charge in [-0.2, -0.15) is 5.10 Å². The standard InChI is InChI=1S/C20H25N5O4S.3ClH/c1-13(19(28)29)25(16-6-8-24(9-7-16)11-18(26)27)20-23-17(12-30-20)15-4-2-14(3-5-15)10-22-21;;;/h2-5,10,12-13,16H,6-9,11,21H2,1H3,(H,26,27)(H,28,29);3*1H. The third-order valence-corrected chi connectivity index (χ3v) is 6.08. The van der Waals surface area contributed by atoms with Gasteiger partial charge in [-0.1, -0.05) is 24.3 Å². The van der Waals surface area contributed by atoms with Crippen molar-refractivity contribution >= 4 is 71.8 Å². The zero-order valence-corrected chi connectivity index (χ0v) is 21.1. The van der Waals surface area contributed by atoms with Gasteiger partial charge in [-0.25, -0.2) is 9.78 Å². The number of thiazole rings is 1. The number of aromatic nitrogens is 1. The maximum atomic E-state index is 11.8. The van der Waals surface area contributed by atoms with Crippen molar-refractivity contribution in [2.24, 2.45) is 10.9 Å². The number of carboxylic acid groups (broad SMARTS) is 2. The van der Waals surface area contributed by atoms with Crippen molar-refractivity contribution in [1.29, 1.82) is 0 Å². The molecule has 9 nitrogen and oxygen atoms in total. The van der Waals surface area contributed by atoms with Gasteiger partial charge in [-0.3, -0.25) is 9.69 Å². The van der Waals surface area contributed by atoms with Gasteiger partial charge in [0, 0.05) is 30.1 Å². The number of piperidine rings is 1. The second-order valence-corrected chi connectivity index (χ2v) is 8.07. The van der Waals surface area contributed by atoms with Crippen molar-refractivity contribution in [3.8, 4) is 11.3 Å². The molecule has 0 radical (unpaired) electrons. The van der Waals surface area contributed by atoms with Crippen LogP contribution in [0, 0.1) is 0 Å². The summed E-state index contributed by atoms with van der Waals surface area (Å²) in [5.74, 6) is 3.41. The van der Waals surface area contributed by atoms with E-state index in [1.54, 1.807) is 13.1 Å². The van der Waals surface area contributed by atoms with Crippen LogP contribution in [0.25, 0.3) is 11.3 Å². The van der Waals surface area contributed by atoms with E-state index in [0.29, 0.717) is 31.1 Å². The highest BCUT2D eigenvalue weighted by Crippen LogP contribution is 2.32. The highest BCUT2D eigenvalue weighted by Gasteiger charge is 2.33. The Balaban J connectivity index is 0.00000341. The summed E-state index contributed by atoms with van der Waals surface area (Å²) in [5, 5.41) is 24.7. The van der Waals surface area contributed by atoms with Crippen molar-refractivity contribution < 1.29 is 19.8 Å². The second-order valence-electron chi connectivity index (χ2n) is 7.24. The number of anilines is 1. The van der Waals surface area contributed by atoms with E-state index in [0.717, 1.165) is 16.8 Å². The Hall–Kier alpha value is -2.11. The number of nitrogens with zero attached hydrogens (tertiary/aromatic N) is 4. The van der Waals surface area contributed by atoms with Crippen LogP contribution in [0.3, 0.4) is 0 Å². The molecule has 4 N–H and O–H groups in total. The second kappa shape index (κ2) is 14.2. The van der Waals surface area contributed by atoms with Gasteiger partial charge in [0.1, 0.15) is 6.04 Å². The number of aliphatic carboxylic acids is 2. The summed E-state index contributed by atoms with van der Waals surface area (Å²) in [6.45, 7) is 2.89. The predicted octanol–water partition coefficient (Wildman–Crippen LogP) is 3.20. The molecular formula is C20H28Cl3N5O4S. The van der Waals surface area contributed by atoms with Crippen LogP contribution in [-0.4, -0.2) is 70.0 Å². The van der Waals surface area contributed by atoms with E-state index in [1.807, 2.05) is 39.4 Å². The monoisotopic (exact) mass is 539 g/mol. The fraction of sp³-hybridized carbons (Fsp3) is 0.400. The number of carbonyl (C=O) groups is 2. The molecule has 33 heavy (non-hydrogen) atoms.